The van der Waals surface area contributed by atoms with Gasteiger partial charge in [-0.2, -0.15) is 0 Å². The fraction of sp³-hybridized carbons (Fsp3) is 0.375. The van der Waals surface area contributed by atoms with Crippen molar-refractivity contribution in [1.82, 2.24) is 4.98 Å². The third-order valence-electron chi connectivity index (χ3n) is 1.65. The van der Waals surface area contributed by atoms with Gasteiger partial charge in [-0.15, -0.1) is 0 Å². The van der Waals surface area contributed by atoms with Crippen molar-refractivity contribution in [3.63, 3.8) is 0 Å². The van der Waals surface area contributed by atoms with Gasteiger partial charge >= 0.3 is 0 Å². The zero-order chi connectivity index (χ0) is 10.1. The quantitative estimate of drug-likeness (QED) is 0.721. The van der Waals surface area contributed by atoms with E-state index < -0.39 is 7.14 Å². The summed E-state index contributed by atoms with van der Waals surface area (Å²) >= 11 is 0. The smallest absolute Gasteiger partial charge is 0.145 e. The standard InChI is InChI=1S/C8H13N2O2P/c1-12-7-4-8(13(2,3)11)10-5-6(7)9/h4-5H,9H2,1-3H3. The molecule has 0 aromatic carbocycles. The number of aromatic nitrogens is 1. The first-order chi connectivity index (χ1) is 5.95. The number of nitrogen functional groups attached to an aromatic ring is 1. The van der Waals surface area contributed by atoms with E-state index in [-0.39, 0.29) is 0 Å². The van der Waals surface area contributed by atoms with Crippen molar-refractivity contribution in [3.05, 3.63) is 12.3 Å². The SMILES string of the molecule is COc1cc(P(C)(C)=O)ncc1N. The maximum Gasteiger partial charge on any atom is 0.145 e. The van der Waals surface area contributed by atoms with E-state index in [1.165, 1.54) is 13.3 Å². The van der Waals surface area contributed by atoms with Crippen LogP contribution in [0.25, 0.3) is 0 Å². The van der Waals surface area contributed by atoms with Crippen LogP contribution in [0.4, 0.5) is 5.69 Å². The molecule has 0 saturated carbocycles. The molecular weight excluding hydrogens is 187 g/mol. The number of nitrogens with two attached hydrogens (primary N) is 1. The Balaban J connectivity index is 3.22. The molecule has 0 radical (unpaired) electrons. The first-order valence-corrected chi connectivity index (χ1v) is 6.40. The van der Waals surface area contributed by atoms with E-state index in [2.05, 4.69) is 4.98 Å². The van der Waals surface area contributed by atoms with E-state index >= 15 is 0 Å². The second-order valence-electron chi connectivity index (χ2n) is 3.14. The van der Waals surface area contributed by atoms with Gasteiger partial charge in [-0.25, -0.2) is 0 Å². The molecule has 1 heterocycles. The Morgan fingerprint density at radius 1 is 1.54 bits per heavy atom. The molecule has 0 spiro atoms. The molecular formula is C8H13N2O2P. The maximum atomic E-state index is 11.6. The molecule has 72 valence electrons. The zero-order valence-electron chi connectivity index (χ0n) is 7.94. The Bertz CT molecular complexity index is 359. The highest BCUT2D eigenvalue weighted by atomic mass is 31.2. The summed E-state index contributed by atoms with van der Waals surface area (Å²) in [5.41, 5.74) is 6.56. The maximum absolute atomic E-state index is 11.6. The number of nitrogens with zero attached hydrogens (tertiary/aromatic N) is 1. The molecule has 4 nitrogen and oxygen atoms in total. The molecule has 5 heteroatoms. The van der Waals surface area contributed by atoms with E-state index in [9.17, 15) is 4.57 Å². The molecule has 0 aliphatic carbocycles. The van der Waals surface area contributed by atoms with Crippen molar-refractivity contribution in [2.24, 2.45) is 0 Å². The van der Waals surface area contributed by atoms with Crippen LogP contribution in [-0.4, -0.2) is 25.4 Å². The van der Waals surface area contributed by atoms with Crippen LogP contribution in [0.5, 0.6) is 5.75 Å². The number of rotatable bonds is 2. The Kier molecular flexibility index (Phi) is 2.62. The molecule has 1 aromatic rings. The van der Waals surface area contributed by atoms with Gasteiger partial charge in [0.2, 0.25) is 0 Å². The lowest BCUT2D eigenvalue weighted by Crippen LogP contribution is -2.09. The van der Waals surface area contributed by atoms with Crippen molar-refractivity contribution < 1.29 is 9.30 Å². The molecule has 0 atom stereocenters. The topological polar surface area (TPSA) is 65.2 Å². The summed E-state index contributed by atoms with van der Waals surface area (Å²) in [5, 5.41) is 0. The summed E-state index contributed by atoms with van der Waals surface area (Å²) in [7, 11) is -0.805. The molecule has 0 saturated heterocycles. The van der Waals surface area contributed by atoms with Crippen LogP contribution in [0, 0.1) is 0 Å². The summed E-state index contributed by atoms with van der Waals surface area (Å²) < 4.78 is 16.6. The highest BCUT2D eigenvalue weighted by Gasteiger charge is 2.14. The fourth-order valence-electron chi connectivity index (χ4n) is 0.908. The largest absolute Gasteiger partial charge is 0.494 e. The van der Waals surface area contributed by atoms with Crippen molar-refractivity contribution in [2.45, 2.75) is 0 Å². The van der Waals surface area contributed by atoms with Crippen LogP contribution in [0.15, 0.2) is 12.3 Å². The monoisotopic (exact) mass is 200 g/mol. The number of ether oxygens (including phenoxy) is 1. The predicted molar refractivity (Wildman–Crippen MR) is 54.3 cm³/mol. The molecule has 0 fully saturated rings. The average Bonchev–Trinajstić information content (AvgIpc) is 2.03. The minimum Gasteiger partial charge on any atom is -0.494 e. The second-order valence-corrected chi connectivity index (χ2v) is 6.30. The molecule has 0 unspecified atom stereocenters. The molecule has 0 aliphatic heterocycles. The van der Waals surface area contributed by atoms with E-state index in [0.29, 0.717) is 16.9 Å². The van der Waals surface area contributed by atoms with Crippen LogP contribution in [0.3, 0.4) is 0 Å². The highest BCUT2D eigenvalue weighted by molar-refractivity contribution is 7.69. The lowest BCUT2D eigenvalue weighted by atomic mass is 10.4. The average molecular weight is 200 g/mol. The van der Waals surface area contributed by atoms with Crippen molar-refractivity contribution in [2.75, 3.05) is 26.2 Å². The van der Waals surface area contributed by atoms with E-state index in [1.54, 1.807) is 19.4 Å². The zero-order valence-corrected chi connectivity index (χ0v) is 8.84. The Labute approximate surface area is 77.5 Å². The second kappa shape index (κ2) is 3.38. The lowest BCUT2D eigenvalue weighted by molar-refractivity contribution is 0.417. The van der Waals surface area contributed by atoms with Crippen molar-refractivity contribution >= 4 is 18.3 Å². The predicted octanol–water partition coefficient (Wildman–Crippen LogP) is 0.920. The number of hydrogen-bond acceptors (Lipinski definition) is 4. The van der Waals surface area contributed by atoms with Crippen LogP contribution in [0.2, 0.25) is 0 Å². The van der Waals surface area contributed by atoms with Gasteiger partial charge in [-0.1, -0.05) is 0 Å². The third-order valence-corrected chi connectivity index (χ3v) is 3.00. The van der Waals surface area contributed by atoms with Gasteiger partial charge in [0.05, 0.1) is 19.0 Å². The number of pyridine rings is 1. The summed E-state index contributed by atoms with van der Waals surface area (Å²) in [6.07, 6.45) is 1.47. The number of anilines is 1. The van der Waals surface area contributed by atoms with Crippen LogP contribution in [-0.2, 0) is 4.57 Å². The molecule has 1 aromatic heterocycles. The molecule has 1 rings (SSSR count). The van der Waals surface area contributed by atoms with E-state index in [4.69, 9.17) is 10.5 Å². The van der Waals surface area contributed by atoms with Gasteiger partial charge in [-0.05, 0) is 13.3 Å². The fourth-order valence-corrected chi connectivity index (χ4v) is 1.67. The molecule has 13 heavy (non-hydrogen) atoms. The van der Waals surface area contributed by atoms with Crippen LogP contribution >= 0.6 is 7.14 Å². The van der Waals surface area contributed by atoms with Crippen LogP contribution in [0.1, 0.15) is 0 Å². The van der Waals surface area contributed by atoms with Gasteiger partial charge < -0.3 is 15.0 Å². The first-order valence-electron chi connectivity index (χ1n) is 3.80. The van der Waals surface area contributed by atoms with Crippen molar-refractivity contribution in [1.29, 1.82) is 0 Å². The number of methoxy groups -OCH3 is 1. The van der Waals surface area contributed by atoms with Crippen LogP contribution < -0.4 is 15.9 Å². The summed E-state index contributed by atoms with van der Waals surface area (Å²) in [6, 6.07) is 1.62. The Morgan fingerprint density at radius 2 is 2.15 bits per heavy atom. The summed E-state index contributed by atoms with van der Waals surface area (Å²) in [5.74, 6) is 0.522. The molecule has 0 aliphatic rings. The lowest BCUT2D eigenvalue weighted by Gasteiger charge is -2.09. The van der Waals surface area contributed by atoms with E-state index in [1.807, 2.05) is 0 Å². The van der Waals surface area contributed by atoms with Gasteiger partial charge in [0, 0.05) is 6.07 Å². The number of hydrogen-bond donors (Lipinski definition) is 1. The van der Waals surface area contributed by atoms with Gasteiger partial charge in [0.1, 0.15) is 18.3 Å². The minimum atomic E-state index is -2.32. The van der Waals surface area contributed by atoms with E-state index in [0.717, 1.165) is 0 Å². The Hall–Kier alpha value is -1.02. The Morgan fingerprint density at radius 3 is 2.62 bits per heavy atom. The minimum absolute atomic E-state index is 0.458. The molecule has 0 amide bonds. The van der Waals surface area contributed by atoms with Crippen molar-refractivity contribution in [3.8, 4) is 5.75 Å². The summed E-state index contributed by atoms with van der Waals surface area (Å²) in [4.78, 5) is 3.99. The molecule has 0 bridgehead atoms. The van der Waals surface area contributed by atoms with Gasteiger partial charge in [-0.3, -0.25) is 4.98 Å². The summed E-state index contributed by atoms with van der Waals surface area (Å²) in [6.45, 7) is 3.32. The third kappa shape index (κ3) is 2.22. The van der Waals surface area contributed by atoms with Gasteiger partial charge in [0.15, 0.2) is 0 Å². The van der Waals surface area contributed by atoms with Gasteiger partial charge in [0.25, 0.3) is 0 Å². The first kappa shape index (κ1) is 10.1. The molecule has 2 N–H and O–H groups in total. The normalized spacial score (nSPS) is 11.3. The highest BCUT2D eigenvalue weighted by Crippen LogP contribution is 2.35.